The van der Waals surface area contributed by atoms with Crippen LogP contribution in [-0.2, 0) is 20.9 Å². The minimum Gasteiger partial charge on any atom is -0.376 e. The average molecular weight is 501 g/mol. The highest BCUT2D eigenvalue weighted by molar-refractivity contribution is 8.26. The zero-order valence-electron chi connectivity index (χ0n) is 18.3. The molecule has 2 heterocycles. The summed E-state index contributed by atoms with van der Waals surface area (Å²) in [6.45, 7) is 3.54. The van der Waals surface area contributed by atoms with E-state index in [1.54, 1.807) is 4.90 Å². The Morgan fingerprint density at radius 3 is 2.64 bits per heavy atom. The number of thiocarbonyl (C=S) groups is 1. The van der Waals surface area contributed by atoms with Gasteiger partial charge in [-0.2, -0.15) is 0 Å². The third-order valence-electron chi connectivity index (χ3n) is 5.63. The standard InChI is InChI=1S/C25H25ClN2O3S2/c1-17-4-6-18(7-5-17)13-22-24(30)28(25(32)33-22)16-23(29)27(15-21-3-2-12-31-21)14-19-8-10-20(26)11-9-19/h4-11,13,21H,2-3,12,14-16H2,1H3/b22-13-. The quantitative estimate of drug-likeness (QED) is 0.393. The topological polar surface area (TPSA) is 49.9 Å². The van der Waals surface area contributed by atoms with E-state index < -0.39 is 0 Å². The molecule has 1 atom stereocenters. The molecule has 0 N–H and O–H groups in total. The number of halogens is 1. The largest absolute Gasteiger partial charge is 0.376 e. The Morgan fingerprint density at radius 1 is 1.24 bits per heavy atom. The van der Waals surface area contributed by atoms with Gasteiger partial charge in [-0.15, -0.1) is 0 Å². The van der Waals surface area contributed by atoms with E-state index in [1.807, 2.05) is 61.5 Å². The van der Waals surface area contributed by atoms with Gasteiger partial charge in [-0.3, -0.25) is 14.5 Å². The summed E-state index contributed by atoms with van der Waals surface area (Å²) in [5.41, 5.74) is 3.04. The molecule has 5 nitrogen and oxygen atoms in total. The lowest BCUT2D eigenvalue weighted by Gasteiger charge is -2.27. The van der Waals surface area contributed by atoms with Crippen molar-refractivity contribution in [3.63, 3.8) is 0 Å². The normalized spacial score (nSPS) is 19.5. The molecular weight excluding hydrogens is 476 g/mol. The van der Waals surface area contributed by atoms with Crippen LogP contribution < -0.4 is 0 Å². The van der Waals surface area contributed by atoms with Crippen molar-refractivity contribution < 1.29 is 14.3 Å². The molecule has 2 aromatic carbocycles. The van der Waals surface area contributed by atoms with Crippen molar-refractivity contribution in [2.45, 2.75) is 32.4 Å². The molecule has 2 aliphatic heterocycles. The van der Waals surface area contributed by atoms with Crippen molar-refractivity contribution in [3.8, 4) is 0 Å². The van der Waals surface area contributed by atoms with E-state index in [2.05, 4.69) is 0 Å². The summed E-state index contributed by atoms with van der Waals surface area (Å²) in [5.74, 6) is -0.393. The number of ether oxygens (including phenoxy) is 1. The molecule has 2 aliphatic rings. The predicted molar refractivity (Wildman–Crippen MR) is 137 cm³/mol. The molecule has 1 unspecified atom stereocenters. The lowest BCUT2D eigenvalue weighted by atomic mass is 10.1. The molecule has 172 valence electrons. The van der Waals surface area contributed by atoms with Crippen molar-refractivity contribution in [2.24, 2.45) is 0 Å². The van der Waals surface area contributed by atoms with Crippen molar-refractivity contribution in [1.29, 1.82) is 0 Å². The molecule has 2 fully saturated rings. The van der Waals surface area contributed by atoms with Gasteiger partial charge >= 0.3 is 0 Å². The SMILES string of the molecule is Cc1ccc(/C=C2\SC(=S)N(CC(=O)N(Cc3ccc(Cl)cc3)CC3CCCO3)C2=O)cc1. The second-order valence-electron chi connectivity index (χ2n) is 8.21. The number of aryl methyl sites for hydroxylation is 1. The minimum atomic E-state index is -0.234. The first-order chi connectivity index (χ1) is 15.9. The van der Waals surface area contributed by atoms with Crippen molar-refractivity contribution in [3.05, 3.63) is 75.1 Å². The molecular formula is C25H25ClN2O3S2. The Labute approximate surface area is 208 Å². The fourth-order valence-electron chi connectivity index (χ4n) is 3.78. The Balaban J connectivity index is 1.47. The molecule has 8 heteroatoms. The van der Waals surface area contributed by atoms with Gasteiger partial charge in [0.1, 0.15) is 10.9 Å². The predicted octanol–water partition coefficient (Wildman–Crippen LogP) is 5.06. The van der Waals surface area contributed by atoms with Crippen LogP contribution in [0.2, 0.25) is 5.02 Å². The lowest BCUT2D eigenvalue weighted by Crippen LogP contribution is -2.44. The summed E-state index contributed by atoms with van der Waals surface area (Å²) in [6, 6.07) is 15.3. The van der Waals surface area contributed by atoms with Crippen LogP contribution >= 0.6 is 35.6 Å². The Morgan fingerprint density at radius 2 is 1.97 bits per heavy atom. The van der Waals surface area contributed by atoms with E-state index in [4.69, 9.17) is 28.6 Å². The molecule has 0 aromatic heterocycles. The van der Waals surface area contributed by atoms with Gasteiger partial charge in [0.2, 0.25) is 5.91 Å². The Hall–Kier alpha value is -2.19. The van der Waals surface area contributed by atoms with Gasteiger partial charge in [0.05, 0.1) is 11.0 Å². The van der Waals surface area contributed by atoms with Crippen LogP contribution in [-0.4, -0.2) is 51.7 Å². The fraction of sp³-hybridized carbons (Fsp3) is 0.320. The second kappa shape index (κ2) is 10.8. The number of nitrogens with zero attached hydrogens (tertiary/aromatic N) is 2. The zero-order valence-corrected chi connectivity index (χ0v) is 20.7. The number of thioether (sulfide) groups is 1. The van der Waals surface area contributed by atoms with E-state index in [0.717, 1.165) is 29.5 Å². The van der Waals surface area contributed by atoms with E-state index in [0.29, 0.717) is 33.9 Å². The summed E-state index contributed by atoms with van der Waals surface area (Å²) >= 11 is 12.7. The summed E-state index contributed by atoms with van der Waals surface area (Å²) in [7, 11) is 0. The summed E-state index contributed by atoms with van der Waals surface area (Å²) in [4.78, 5) is 30.0. The zero-order chi connectivity index (χ0) is 23.4. The first kappa shape index (κ1) is 24.0. The summed E-state index contributed by atoms with van der Waals surface area (Å²) in [6.07, 6.45) is 3.74. The van der Waals surface area contributed by atoms with Crippen LogP contribution in [0.25, 0.3) is 6.08 Å². The molecule has 0 spiro atoms. The highest BCUT2D eigenvalue weighted by atomic mass is 35.5. The Bertz CT molecular complexity index is 1060. The van der Waals surface area contributed by atoms with Crippen LogP contribution in [0.3, 0.4) is 0 Å². The highest BCUT2D eigenvalue weighted by Gasteiger charge is 2.35. The Kier molecular flexibility index (Phi) is 7.86. The van der Waals surface area contributed by atoms with Crippen LogP contribution in [0.5, 0.6) is 0 Å². The smallest absolute Gasteiger partial charge is 0.266 e. The number of amides is 2. The maximum absolute atomic E-state index is 13.3. The molecule has 2 amide bonds. The monoisotopic (exact) mass is 500 g/mol. The van der Waals surface area contributed by atoms with Gasteiger partial charge in [0.25, 0.3) is 5.91 Å². The van der Waals surface area contributed by atoms with Crippen molar-refractivity contribution in [1.82, 2.24) is 9.80 Å². The first-order valence-corrected chi connectivity index (χ1v) is 12.4. The van der Waals surface area contributed by atoms with Crippen LogP contribution in [0, 0.1) is 6.92 Å². The van der Waals surface area contributed by atoms with E-state index in [1.165, 1.54) is 16.7 Å². The highest BCUT2D eigenvalue weighted by Crippen LogP contribution is 2.32. The number of hydrogen-bond acceptors (Lipinski definition) is 5. The number of benzene rings is 2. The van der Waals surface area contributed by atoms with Gasteiger partial charge < -0.3 is 9.64 Å². The molecule has 0 aliphatic carbocycles. The molecule has 33 heavy (non-hydrogen) atoms. The van der Waals surface area contributed by atoms with Gasteiger partial charge in [0, 0.05) is 24.7 Å². The maximum Gasteiger partial charge on any atom is 0.266 e. The second-order valence-corrected chi connectivity index (χ2v) is 10.3. The van der Waals surface area contributed by atoms with Crippen molar-refractivity contribution >= 4 is 57.8 Å². The molecule has 2 aromatic rings. The van der Waals surface area contributed by atoms with Crippen molar-refractivity contribution in [2.75, 3.05) is 19.7 Å². The molecule has 4 rings (SSSR count). The molecule has 0 bridgehead atoms. The molecule has 0 radical (unpaired) electrons. The van der Waals surface area contributed by atoms with Gasteiger partial charge in [-0.05, 0) is 49.1 Å². The van der Waals surface area contributed by atoms with Crippen LogP contribution in [0.1, 0.15) is 29.5 Å². The van der Waals surface area contributed by atoms with E-state index in [-0.39, 0.29) is 24.5 Å². The number of hydrogen-bond donors (Lipinski definition) is 0. The number of carbonyl (C=O) groups excluding carboxylic acids is 2. The number of carbonyl (C=O) groups is 2. The van der Waals surface area contributed by atoms with Crippen LogP contribution in [0.15, 0.2) is 53.4 Å². The minimum absolute atomic E-state index is 0.00819. The summed E-state index contributed by atoms with van der Waals surface area (Å²) in [5, 5.41) is 0.647. The third-order valence-corrected chi connectivity index (χ3v) is 7.26. The van der Waals surface area contributed by atoms with E-state index >= 15 is 0 Å². The maximum atomic E-state index is 13.3. The first-order valence-electron chi connectivity index (χ1n) is 10.8. The molecule has 2 saturated heterocycles. The third kappa shape index (κ3) is 6.23. The summed E-state index contributed by atoms with van der Waals surface area (Å²) < 4.78 is 6.16. The fourth-order valence-corrected chi connectivity index (χ4v) is 5.17. The van der Waals surface area contributed by atoms with Crippen LogP contribution in [0.4, 0.5) is 0 Å². The van der Waals surface area contributed by atoms with Gasteiger partial charge in [-0.25, -0.2) is 0 Å². The van der Waals surface area contributed by atoms with Gasteiger partial charge in [-0.1, -0.05) is 77.5 Å². The molecule has 0 saturated carbocycles. The number of rotatable bonds is 7. The average Bonchev–Trinajstić information content (AvgIpc) is 3.40. The van der Waals surface area contributed by atoms with E-state index in [9.17, 15) is 9.59 Å². The lowest BCUT2D eigenvalue weighted by molar-refractivity contribution is -0.137. The van der Waals surface area contributed by atoms with Gasteiger partial charge in [0.15, 0.2) is 0 Å².